The molecule has 0 heterocycles. The summed E-state index contributed by atoms with van der Waals surface area (Å²) in [7, 11) is 0. The van der Waals surface area contributed by atoms with Gasteiger partial charge in [0.2, 0.25) is 0 Å². The summed E-state index contributed by atoms with van der Waals surface area (Å²) in [4.78, 5) is 16.5. The van der Waals surface area contributed by atoms with Crippen molar-refractivity contribution in [2.75, 3.05) is 11.9 Å². The maximum absolute atomic E-state index is 11.6. The number of amides is 1. The van der Waals surface area contributed by atoms with Crippen LogP contribution in [0.3, 0.4) is 0 Å². The Labute approximate surface area is 132 Å². The van der Waals surface area contributed by atoms with Crippen LogP contribution < -0.4 is 5.32 Å². The van der Waals surface area contributed by atoms with Crippen LogP contribution in [-0.2, 0) is 9.63 Å². The molecule has 2 aromatic carbocycles. The molecule has 0 aromatic heterocycles. The summed E-state index contributed by atoms with van der Waals surface area (Å²) in [5, 5.41) is 7.64. The minimum absolute atomic E-state index is 0.174. The first kappa shape index (κ1) is 15.4. The van der Waals surface area contributed by atoms with E-state index in [-0.39, 0.29) is 12.5 Å². The van der Waals surface area contributed by atoms with E-state index in [0.29, 0.717) is 15.7 Å². The lowest BCUT2D eigenvalue weighted by atomic mass is 10.2. The van der Waals surface area contributed by atoms with Gasteiger partial charge in [-0.15, -0.1) is 0 Å². The number of anilines is 1. The van der Waals surface area contributed by atoms with Gasteiger partial charge in [0.15, 0.2) is 6.61 Å². The monoisotopic (exact) mass is 322 g/mol. The lowest BCUT2D eigenvalue weighted by molar-refractivity contribution is -0.120. The lowest BCUT2D eigenvalue weighted by Crippen LogP contribution is -2.16. The van der Waals surface area contributed by atoms with Crippen molar-refractivity contribution >= 4 is 41.0 Å². The lowest BCUT2D eigenvalue weighted by Gasteiger charge is -2.04. The van der Waals surface area contributed by atoms with E-state index >= 15 is 0 Å². The number of oxime groups is 1. The topological polar surface area (TPSA) is 50.7 Å². The molecule has 2 aromatic rings. The van der Waals surface area contributed by atoms with Gasteiger partial charge in [0.25, 0.3) is 5.91 Å². The number of carbonyl (C=O) groups excluding carboxylic acids is 1. The zero-order valence-corrected chi connectivity index (χ0v) is 12.4. The molecule has 0 bridgehead atoms. The van der Waals surface area contributed by atoms with E-state index in [0.717, 1.165) is 5.56 Å². The number of carbonyl (C=O) groups is 1. The van der Waals surface area contributed by atoms with E-state index in [4.69, 9.17) is 28.0 Å². The first-order valence-corrected chi connectivity index (χ1v) is 6.85. The van der Waals surface area contributed by atoms with Crippen LogP contribution in [0.5, 0.6) is 0 Å². The van der Waals surface area contributed by atoms with Crippen molar-refractivity contribution in [3.8, 4) is 0 Å². The number of hydrogen-bond acceptors (Lipinski definition) is 3. The minimum atomic E-state index is -0.300. The summed E-state index contributed by atoms with van der Waals surface area (Å²) in [5.74, 6) is -0.300. The first-order valence-electron chi connectivity index (χ1n) is 6.10. The van der Waals surface area contributed by atoms with E-state index in [9.17, 15) is 4.79 Å². The van der Waals surface area contributed by atoms with Crippen LogP contribution in [-0.4, -0.2) is 18.7 Å². The second-order valence-electron chi connectivity index (χ2n) is 4.11. The van der Waals surface area contributed by atoms with Gasteiger partial charge in [0, 0.05) is 15.7 Å². The van der Waals surface area contributed by atoms with Gasteiger partial charge in [-0.1, -0.05) is 40.5 Å². The Morgan fingerprint density at radius 2 is 1.62 bits per heavy atom. The van der Waals surface area contributed by atoms with Crippen molar-refractivity contribution in [1.82, 2.24) is 0 Å². The van der Waals surface area contributed by atoms with Gasteiger partial charge < -0.3 is 10.2 Å². The fourth-order valence-electron chi connectivity index (χ4n) is 1.47. The molecule has 0 spiro atoms. The van der Waals surface area contributed by atoms with Gasteiger partial charge in [-0.2, -0.15) is 0 Å². The average Bonchev–Trinajstić information content (AvgIpc) is 2.48. The minimum Gasteiger partial charge on any atom is -0.386 e. The maximum Gasteiger partial charge on any atom is 0.265 e. The third-order valence-electron chi connectivity index (χ3n) is 2.47. The van der Waals surface area contributed by atoms with Crippen molar-refractivity contribution < 1.29 is 9.63 Å². The normalized spacial score (nSPS) is 10.6. The fraction of sp³-hybridized carbons (Fsp3) is 0.0667. The summed E-state index contributed by atoms with van der Waals surface area (Å²) in [6, 6.07) is 13.9. The standard InChI is InChI=1S/C15H12Cl2N2O2/c16-12-3-1-11(2-4-12)9-18-21-10-15(20)19-14-7-5-13(17)6-8-14/h1-9H,10H2,(H,19,20)/b18-9-. The number of benzene rings is 2. The number of nitrogens with zero attached hydrogens (tertiary/aromatic N) is 1. The summed E-state index contributed by atoms with van der Waals surface area (Å²) in [6.45, 7) is -0.174. The first-order chi connectivity index (χ1) is 10.1. The molecule has 0 atom stereocenters. The van der Waals surface area contributed by atoms with Crippen LogP contribution in [0.4, 0.5) is 5.69 Å². The number of hydrogen-bond donors (Lipinski definition) is 1. The Kier molecular flexibility index (Phi) is 5.60. The van der Waals surface area contributed by atoms with Crippen LogP contribution in [0.25, 0.3) is 0 Å². The highest BCUT2D eigenvalue weighted by atomic mass is 35.5. The molecule has 0 aliphatic heterocycles. The van der Waals surface area contributed by atoms with Crippen molar-refractivity contribution in [3.05, 3.63) is 64.1 Å². The number of nitrogens with one attached hydrogen (secondary N) is 1. The van der Waals surface area contributed by atoms with Crippen molar-refractivity contribution in [3.63, 3.8) is 0 Å². The molecule has 0 saturated heterocycles. The molecule has 0 saturated carbocycles. The predicted octanol–water partition coefficient (Wildman–Crippen LogP) is 3.98. The van der Waals surface area contributed by atoms with Crippen molar-refractivity contribution in [1.29, 1.82) is 0 Å². The molecule has 2 rings (SSSR count). The van der Waals surface area contributed by atoms with Gasteiger partial charge >= 0.3 is 0 Å². The van der Waals surface area contributed by atoms with E-state index in [1.165, 1.54) is 6.21 Å². The third kappa shape index (κ3) is 5.45. The Morgan fingerprint density at radius 3 is 2.24 bits per heavy atom. The number of halogens is 2. The van der Waals surface area contributed by atoms with Gasteiger partial charge in [-0.05, 0) is 42.0 Å². The Morgan fingerprint density at radius 1 is 1.05 bits per heavy atom. The van der Waals surface area contributed by atoms with Gasteiger partial charge in [0.05, 0.1) is 6.21 Å². The van der Waals surface area contributed by atoms with Gasteiger partial charge in [-0.3, -0.25) is 4.79 Å². The van der Waals surface area contributed by atoms with E-state index in [2.05, 4.69) is 10.5 Å². The molecule has 0 aliphatic rings. The zero-order chi connectivity index (χ0) is 15.1. The summed E-state index contributed by atoms with van der Waals surface area (Å²) in [5.41, 5.74) is 1.48. The quantitative estimate of drug-likeness (QED) is 0.668. The Balaban J connectivity index is 1.76. The second-order valence-corrected chi connectivity index (χ2v) is 4.99. The molecule has 0 radical (unpaired) electrons. The number of rotatable bonds is 5. The molecule has 1 amide bonds. The van der Waals surface area contributed by atoms with Crippen LogP contribution in [0.2, 0.25) is 10.0 Å². The van der Waals surface area contributed by atoms with Crippen LogP contribution in [0, 0.1) is 0 Å². The summed E-state index contributed by atoms with van der Waals surface area (Å²) in [6.07, 6.45) is 1.51. The summed E-state index contributed by atoms with van der Waals surface area (Å²) >= 11 is 11.5. The molecule has 6 heteroatoms. The van der Waals surface area contributed by atoms with Gasteiger partial charge in [-0.25, -0.2) is 0 Å². The van der Waals surface area contributed by atoms with Gasteiger partial charge in [0.1, 0.15) is 0 Å². The molecule has 0 aliphatic carbocycles. The van der Waals surface area contributed by atoms with Crippen LogP contribution in [0.1, 0.15) is 5.56 Å². The molecule has 4 nitrogen and oxygen atoms in total. The zero-order valence-electron chi connectivity index (χ0n) is 10.9. The molecule has 108 valence electrons. The van der Waals surface area contributed by atoms with E-state index < -0.39 is 0 Å². The molecule has 21 heavy (non-hydrogen) atoms. The Hall–Kier alpha value is -2.04. The highest BCUT2D eigenvalue weighted by molar-refractivity contribution is 6.30. The molecular formula is C15H12Cl2N2O2. The summed E-state index contributed by atoms with van der Waals surface area (Å²) < 4.78 is 0. The van der Waals surface area contributed by atoms with Crippen molar-refractivity contribution in [2.24, 2.45) is 5.16 Å². The van der Waals surface area contributed by atoms with Crippen LogP contribution in [0.15, 0.2) is 53.7 Å². The highest BCUT2D eigenvalue weighted by Crippen LogP contribution is 2.13. The fourth-order valence-corrected chi connectivity index (χ4v) is 1.73. The molecular weight excluding hydrogens is 311 g/mol. The average molecular weight is 323 g/mol. The van der Waals surface area contributed by atoms with E-state index in [1.807, 2.05) is 0 Å². The van der Waals surface area contributed by atoms with Crippen LogP contribution >= 0.6 is 23.2 Å². The Bertz CT molecular complexity index is 625. The molecule has 0 fully saturated rings. The molecule has 0 unspecified atom stereocenters. The molecule has 1 N–H and O–H groups in total. The largest absolute Gasteiger partial charge is 0.386 e. The SMILES string of the molecule is O=C(CO/N=C\c1ccc(Cl)cc1)Nc1ccc(Cl)cc1. The highest BCUT2D eigenvalue weighted by Gasteiger charge is 2.02. The predicted molar refractivity (Wildman–Crippen MR) is 85.1 cm³/mol. The maximum atomic E-state index is 11.6. The van der Waals surface area contributed by atoms with Crippen molar-refractivity contribution in [2.45, 2.75) is 0 Å². The smallest absolute Gasteiger partial charge is 0.265 e. The third-order valence-corrected chi connectivity index (χ3v) is 2.97. The van der Waals surface area contributed by atoms with E-state index in [1.54, 1.807) is 48.5 Å². The second kappa shape index (κ2) is 7.67.